The fraction of sp³-hybridized carbons (Fsp3) is 0.250. The van der Waals surface area contributed by atoms with Gasteiger partial charge in [0.1, 0.15) is 17.0 Å². The molecule has 5 aromatic carbocycles. The summed E-state index contributed by atoms with van der Waals surface area (Å²) in [5, 5.41) is 13.8. The van der Waals surface area contributed by atoms with Crippen LogP contribution in [-0.2, 0) is 39.1 Å². The lowest BCUT2D eigenvalue weighted by Crippen LogP contribution is -2.39. The van der Waals surface area contributed by atoms with Crippen molar-refractivity contribution in [2.75, 3.05) is 6.79 Å². The largest absolute Gasteiger partial charge is 0.511 e. The predicted molar refractivity (Wildman–Crippen MR) is 226 cm³/mol. The van der Waals surface area contributed by atoms with Gasteiger partial charge in [0.2, 0.25) is 6.79 Å². The van der Waals surface area contributed by atoms with Gasteiger partial charge >= 0.3 is 12.1 Å². The normalized spacial score (nSPS) is 11.6. The van der Waals surface area contributed by atoms with E-state index >= 15 is 0 Å². The Bertz CT molecular complexity index is 2390. The van der Waals surface area contributed by atoms with Crippen LogP contribution in [0.1, 0.15) is 85.3 Å². The van der Waals surface area contributed by atoms with Gasteiger partial charge in [-0.25, -0.2) is 19.3 Å². The molecule has 2 aromatic heterocycles. The number of carbonyl (C=O) groups is 2. The molecule has 0 fully saturated rings. The number of hydrogen-bond donors (Lipinski definition) is 0. The van der Waals surface area contributed by atoms with Crippen LogP contribution in [0.25, 0.3) is 22.5 Å². The number of esters is 1. The van der Waals surface area contributed by atoms with Crippen molar-refractivity contribution in [3.8, 4) is 22.5 Å². The summed E-state index contributed by atoms with van der Waals surface area (Å²) in [7, 11) is 0. The van der Waals surface area contributed by atoms with Gasteiger partial charge in [-0.15, -0.1) is 5.10 Å². The maximum absolute atomic E-state index is 13.5. The zero-order valence-corrected chi connectivity index (χ0v) is 34.0. The molecule has 0 spiro atoms. The predicted octanol–water partition coefficient (Wildman–Crippen LogP) is 9.67. The highest BCUT2D eigenvalue weighted by molar-refractivity contribution is 5.89. The molecule has 0 N–H and O–H groups in total. The first-order valence-electron chi connectivity index (χ1n) is 19.9. The van der Waals surface area contributed by atoms with Gasteiger partial charge in [0.25, 0.3) is 0 Å². The number of tetrazole rings is 1. The number of nitrogens with zero attached hydrogens (tertiary/aromatic N) is 6. The van der Waals surface area contributed by atoms with Crippen LogP contribution in [0.3, 0.4) is 0 Å². The fourth-order valence-corrected chi connectivity index (χ4v) is 7.48. The molecule has 7 aromatic rings. The smallest absolute Gasteiger partial charge is 0.428 e. The van der Waals surface area contributed by atoms with Crippen molar-refractivity contribution in [1.29, 1.82) is 0 Å². The van der Waals surface area contributed by atoms with E-state index in [1.807, 2.05) is 82.9 Å². The Morgan fingerprint density at radius 3 is 1.78 bits per heavy atom. The fourth-order valence-electron chi connectivity index (χ4n) is 7.48. The van der Waals surface area contributed by atoms with Gasteiger partial charge < -0.3 is 18.8 Å². The number of aryl methyl sites for hydroxylation is 2. The summed E-state index contributed by atoms with van der Waals surface area (Å²) >= 11 is 0. The number of carbonyl (C=O) groups excluding carboxylic acids is 2. The molecule has 300 valence electrons. The Morgan fingerprint density at radius 1 is 0.678 bits per heavy atom. The van der Waals surface area contributed by atoms with E-state index in [4.69, 9.17) is 29.5 Å². The van der Waals surface area contributed by atoms with Gasteiger partial charge in [0, 0.05) is 18.5 Å². The second-order valence-corrected chi connectivity index (χ2v) is 15.1. The van der Waals surface area contributed by atoms with Crippen molar-refractivity contribution >= 4 is 12.1 Å². The highest BCUT2D eigenvalue weighted by Crippen LogP contribution is 2.43. The molecule has 0 aliphatic rings. The molecular formula is C48H48N6O5. The molecule has 2 heterocycles. The van der Waals surface area contributed by atoms with Crippen LogP contribution in [0.4, 0.5) is 4.79 Å². The molecule has 0 saturated carbocycles. The third kappa shape index (κ3) is 8.55. The number of rotatable bonds is 14. The SMILES string of the molecule is CCCc1nc(CC)c(C(=O)OCOC(=O)OC(C)(C)C)n1Cc1ccc(-c2ccccc2-c2nnnn2C(c2ccccc2)(c2ccccc2)c2ccccc2)cc1. The lowest BCUT2D eigenvalue weighted by molar-refractivity contribution is -0.0528. The van der Waals surface area contributed by atoms with E-state index in [1.54, 1.807) is 20.8 Å². The molecule has 0 unspecified atom stereocenters. The van der Waals surface area contributed by atoms with Gasteiger partial charge in [-0.1, -0.05) is 153 Å². The summed E-state index contributed by atoms with van der Waals surface area (Å²) in [6.45, 7) is 9.01. The van der Waals surface area contributed by atoms with Gasteiger partial charge in [-0.2, -0.15) is 0 Å². The Morgan fingerprint density at radius 2 is 1.24 bits per heavy atom. The topological polar surface area (TPSA) is 123 Å². The molecule has 0 saturated heterocycles. The van der Waals surface area contributed by atoms with Crippen molar-refractivity contribution in [2.45, 2.75) is 71.6 Å². The number of benzene rings is 5. The quantitative estimate of drug-likeness (QED) is 0.0602. The summed E-state index contributed by atoms with van der Waals surface area (Å²) in [4.78, 5) is 30.5. The first kappa shape index (κ1) is 40.3. The molecule has 0 radical (unpaired) electrons. The highest BCUT2D eigenvalue weighted by atomic mass is 16.8. The van der Waals surface area contributed by atoms with Crippen molar-refractivity contribution in [3.63, 3.8) is 0 Å². The van der Waals surface area contributed by atoms with Crippen LogP contribution in [0.15, 0.2) is 140 Å². The van der Waals surface area contributed by atoms with E-state index < -0.39 is 30.1 Å². The van der Waals surface area contributed by atoms with Crippen LogP contribution in [-0.4, -0.2) is 54.3 Å². The summed E-state index contributed by atoms with van der Waals surface area (Å²) < 4.78 is 19.5. The number of ether oxygens (including phenoxy) is 3. The Labute approximate surface area is 344 Å². The van der Waals surface area contributed by atoms with E-state index in [0.717, 1.165) is 51.2 Å². The first-order valence-corrected chi connectivity index (χ1v) is 19.9. The lowest BCUT2D eigenvalue weighted by atomic mass is 9.77. The molecule has 11 nitrogen and oxygen atoms in total. The minimum absolute atomic E-state index is 0.337. The van der Waals surface area contributed by atoms with Crippen LogP contribution in [0.5, 0.6) is 0 Å². The standard InChI is InChI=1S/C48H48N6O5/c1-6-19-42-49-41(7-2)43(45(55)57-33-58-46(56)59-47(3,4)5)53(42)32-34-28-30-35(31-29-34)39-26-17-18-27-40(39)44-50-51-52-54(44)48(36-20-11-8-12-21-36,37-22-13-9-14-23-37)38-24-15-10-16-25-38/h8-18,20-31H,6-7,19,32-33H2,1-5H3. The summed E-state index contributed by atoms with van der Waals surface area (Å²) in [5.74, 6) is 0.764. The molecule has 0 amide bonds. The van der Waals surface area contributed by atoms with Crippen molar-refractivity contribution in [3.05, 3.63) is 179 Å². The maximum Gasteiger partial charge on any atom is 0.511 e. The molecule has 59 heavy (non-hydrogen) atoms. The molecule has 0 aliphatic heterocycles. The van der Waals surface area contributed by atoms with E-state index in [2.05, 4.69) is 84.9 Å². The van der Waals surface area contributed by atoms with E-state index in [9.17, 15) is 9.59 Å². The summed E-state index contributed by atoms with van der Waals surface area (Å²) in [5.41, 5.74) is 6.11. The first-order chi connectivity index (χ1) is 28.6. The van der Waals surface area contributed by atoms with Crippen molar-refractivity contribution in [1.82, 2.24) is 29.8 Å². The van der Waals surface area contributed by atoms with Crippen LogP contribution in [0.2, 0.25) is 0 Å². The van der Waals surface area contributed by atoms with E-state index in [-0.39, 0.29) is 0 Å². The maximum atomic E-state index is 13.5. The Balaban J connectivity index is 1.24. The van der Waals surface area contributed by atoms with Crippen molar-refractivity contribution in [2.24, 2.45) is 0 Å². The van der Waals surface area contributed by atoms with Crippen LogP contribution in [0, 0.1) is 0 Å². The number of imidazole rings is 1. The molecular weight excluding hydrogens is 741 g/mol. The van der Waals surface area contributed by atoms with Gasteiger partial charge in [0.15, 0.2) is 11.5 Å². The molecule has 0 aliphatic carbocycles. The Kier molecular flexibility index (Phi) is 12.1. The average Bonchev–Trinajstić information content (AvgIpc) is 3.87. The third-order valence-corrected chi connectivity index (χ3v) is 10.0. The van der Waals surface area contributed by atoms with Gasteiger partial charge in [0.05, 0.1) is 5.69 Å². The van der Waals surface area contributed by atoms with E-state index in [0.29, 0.717) is 36.6 Å². The van der Waals surface area contributed by atoms with Gasteiger partial charge in [-0.05, 0) is 77.4 Å². The lowest BCUT2D eigenvalue weighted by Gasteiger charge is -2.36. The average molecular weight is 789 g/mol. The Hall–Kier alpha value is -6.88. The van der Waals surface area contributed by atoms with Crippen molar-refractivity contribution < 1.29 is 23.8 Å². The second kappa shape index (κ2) is 17.7. The molecule has 0 bridgehead atoms. The minimum Gasteiger partial charge on any atom is -0.428 e. The molecule has 0 atom stereocenters. The van der Waals surface area contributed by atoms with E-state index in [1.165, 1.54) is 0 Å². The minimum atomic E-state index is -0.915. The van der Waals surface area contributed by atoms with Gasteiger partial charge in [-0.3, -0.25) is 0 Å². The summed E-state index contributed by atoms with van der Waals surface area (Å²) in [6, 6.07) is 47.4. The number of hydrogen-bond acceptors (Lipinski definition) is 9. The zero-order chi connectivity index (χ0) is 41.4. The summed E-state index contributed by atoms with van der Waals surface area (Å²) in [6.07, 6.45) is 1.12. The molecule has 7 rings (SSSR count). The third-order valence-electron chi connectivity index (χ3n) is 10.0. The monoisotopic (exact) mass is 788 g/mol. The van der Waals surface area contributed by atoms with Crippen LogP contribution < -0.4 is 0 Å². The number of aromatic nitrogens is 6. The second-order valence-electron chi connectivity index (χ2n) is 15.1. The molecule has 11 heteroatoms. The highest BCUT2D eigenvalue weighted by Gasteiger charge is 2.42. The zero-order valence-electron chi connectivity index (χ0n) is 34.0. The van der Waals surface area contributed by atoms with Crippen LogP contribution >= 0.6 is 0 Å².